The second-order valence-electron chi connectivity index (χ2n) is 6.50. The lowest BCUT2D eigenvalue weighted by molar-refractivity contribution is -0.142. The largest absolute Gasteiger partial charge is 0.481 e. The highest BCUT2D eigenvalue weighted by Crippen LogP contribution is 2.28. The normalized spacial score (nSPS) is 22.1. The lowest BCUT2D eigenvalue weighted by atomic mass is 9.82. The molecule has 0 bridgehead atoms. The molecule has 0 heterocycles. The van der Waals surface area contributed by atoms with E-state index in [4.69, 9.17) is 16.7 Å². The molecule has 0 aromatic heterocycles. The predicted octanol–water partition coefficient (Wildman–Crippen LogP) is 3.38. The summed E-state index contributed by atoms with van der Waals surface area (Å²) in [5.74, 6) is -1.05. The van der Waals surface area contributed by atoms with Crippen LogP contribution in [-0.2, 0) is 15.0 Å². The first-order chi connectivity index (χ1) is 10.3. The Morgan fingerprint density at radius 1 is 1.23 bits per heavy atom. The smallest absolute Gasteiger partial charge is 0.306 e. The van der Waals surface area contributed by atoms with Gasteiger partial charge >= 0.3 is 5.97 Å². The van der Waals surface area contributed by atoms with Gasteiger partial charge in [0.1, 0.15) is 0 Å². The SMILES string of the molecule is CC(C)(C(=O)NC1CCC(C(=O)O)CC1)c1cccc(Cl)c1. The van der Waals surface area contributed by atoms with Crippen molar-refractivity contribution in [2.75, 3.05) is 0 Å². The minimum Gasteiger partial charge on any atom is -0.481 e. The van der Waals surface area contributed by atoms with Crippen molar-refractivity contribution in [3.05, 3.63) is 34.9 Å². The molecular weight excluding hydrogens is 302 g/mol. The molecule has 22 heavy (non-hydrogen) atoms. The predicted molar refractivity (Wildman–Crippen MR) is 86.0 cm³/mol. The maximum Gasteiger partial charge on any atom is 0.306 e. The number of carboxylic acid groups (broad SMARTS) is 1. The second kappa shape index (κ2) is 6.69. The fourth-order valence-corrected chi connectivity index (χ4v) is 3.05. The summed E-state index contributed by atoms with van der Waals surface area (Å²) in [5.41, 5.74) is 0.200. The number of amides is 1. The first kappa shape index (κ1) is 16.8. The quantitative estimate of drug-likeness (QED) is 0.892. The van der Waals surface area contributed by atoms with Gasteiger partial charge in [0.25, 0.3) is 0 Å². The van der Waals surface area contributed by atoms with Crippen molar-refractivity contribution in [2.24, 2.45) is 5.92 Å². The van der Waals surface area contributed by atoms with Gasteiger partial charge in [0.05, 0.1) is 11.3 Å². The Hall–Kier alpha value is -1.55. The Balaban J connectivity index is 1.98. The molecule has 1 aromatic rings. The van der Waals surface area contributed by atoms with E-state index in [1.807, 2.05) is 32.0 Å². The number of benzene rings is 1. The molecule has 0 atom stereocenters. The Morgan fingerprint density at radius 3 is 2.41 bits per heavy atom. The molecule has 120 valence electrons. The van der Waals surface area contributed by atoms with Crippen LogP contribution >= 0.6 is 11.6 Å². The summed E-state index contributed by atoms with van der Waals surface area (Å²) in [5, 5.41) is 12.7. The van der Waals surface area contributed by atoms with Gasteiger partial charge in [0.15, 0.2) is 0 Å². The molecule has 0 spiro atoms. The molecule has 1 aliphatic rings. The maximum atomic E-state index is 12.6. The Kier molecular flexibility index (Phi) is 5.12. The van der Waals surface area contributed by atoms with E-state index in [2.05, 4.69) is 5.32 Å². The topological polar surface area (TPSA) is 66.4 Å². The van der Waals surface area contributed by atoms with Crippen LogP contribution in [0.1, 0.15) is 45.1 Å². The fraction of sp³-hybridized carbons (Fsp3) is 0.529. The number of halogens is 1. The number of aliphatic carboxylic acids is 1. The average Bonchev–Trinajstić information content (AvgIpc) is 2.47. The lowest BCUT2D eigenvalue weighted by Gasteiger charge is -2.31. The molecule has 2 N–H and O–H groups in total. The molecule has 1 fully saturated rings. The van der Waals surface area contributed by atoms with Gasteiger partial charge in [0.2, 0.25) is 5.91 Å². The minimum absolute atomic E-state index is 0.0476. The highest BCUT2D eigenvalue weighted by molar-refractivity contribution is 6.30. The molecular formula is C17H22ClNO3. The number of nitrogens with one attached hydrogen (secondary N) is 1. The molecule has 5 heteroatoms. The number of carbonyl (C=O) groups excluding carboxylic acids is 1. The van der Waals surface area contributed by atoms with Crippen LogP contribution in [-0.4, -0.2) is 23.0 Å². The molecule has 2 rings (SSSR count). The van der Waals surface area contributed by atoms with Crippen LogP contribution in [0, 0.1) is 5.92 Å². The minimum atomic E-state index is -0.732. The first-order valence-electron chi connectivity index (χ1n) is 7.60. The van der Waals surface area contributed by atoms with Gasteiger partial charge in [-0.2, -0.15) is 0 Å². The van der Waals surface area contributed by atoms with Gasteiger partial charge in [-0.3, -0.25) is 9.59 Å². The number of hydrogen-bond acceptors (Lipinski definition) is 2. The van der Waals surface area contributed by atoms with E-state index in [1.165, 1.54) is 0 Å². The Morgan fingerprint density at radius 2 is 1.86 bits per heavy atom. The Bertz CT molecular complexity index is 563. The highest BCUT2D eigenvalue weighted by atomic mass is 35.5. The van der Waals surface area contributed by atoms with Crippen molar-refractivity contribution < 1.29 is 14.7 Å². The van der Waals surface area contributed by atoms with E-state index in [1.54, 1.807) is 6.07 Å². The third kappa shape index (κ3) is 3.80. The van der Waals surface area contributed by atoms with Gasteiger partial charge in [-0.25, -0.2) is 0 Å². The monoisotopic (exact) mass is 323 g/mol. The second-order valence-corrected chi connectivity index (χ2v) is 6.93. The lowest BCUT2D eigenvalue weighted by Crippen LogP contribution is -2.46. The number of hydrogen-bond donors (Lipinski definition) is 2. The van der Waals surface area contributed by atoms with Gasteiger partial charge in [0, 0.05) is 11.1 Å². The van der Waals surface area contributed by atoms with E-state index >= 15 is 0 Å². The molecule has 0 saturated heterocycles. The third-order valence-electron chi connectivity index (χ3n) is 4.53. The highest BCUT2D eigenvalue weighted by Gasteiger charge is 2.33. The molecule has 1 amide bonds. The van der Waals surface area contributed by atoms with E-state index in [0.29, 0.717) is 30.7 Å². The van der Waals surface area contributed by atoms with Crippen molar-refractivity contribution >= 4 is 23.5 Å². The molecule has 1 saturated carbocycles. The van der Waals surface area contributed by atoms with Crippen molar-refractivity contribution in [1.29, 1.82) is 0 Å². The van der Waals surface area contributed by atoms with Gasteiger partial charge in [-0.05, 0) is 57.2 Å². The van der Waals surface area contributed by atoms with Crippen molar-refractivity contribution in [3.63, 3.8) is 0 Å². The summed E-state index contributed by atoms with van der Waals surface area (Å²) in [4.78, 5) is 23.5. The van der Waals surface area contributed by atoms with E-state index in [9.17, 15) is 9.59 Å². The molecule has 0 aliphatic heterocycles. The van der Waals surface area contributed by atoms with E-state index < -0.39 is 11.4 Å². The molecule has 0 radical (unpaired) electrons. The van der Waals surface area contributed by atoms with E-state index in [0.717, 1.165) is 5.56 Å². The fourth-order valence-electron chi connectivity index (χ4n) is 2.86. The van der Waals surface area contributed by atoms with Crippen LogP contribution < -0.4 is 5.32 Å². The van der Waals surface area contributed by atoms with Crippen molar-refractivity contribution in [1.82, 2.24) is 5.32 Å². The molecule has 0 unspecified atom stereocenters. The summed E-state index contributed by atoms with van der Waals surface area (Å²) in [6, 6.07) is 7.38. The van der Waals surface area contributed by atoms with Crippen LogP contribution in [0.25, 0.3) is 0 Å². The first-order valence-corrected chi connectivity index (χ1v) is 7.98. The van der Waals surface area contributed by atoms with Crippen molar-refractivity contribution in [3.8, 4) is 0 Å². The number of carboxylic acids is 1. The van der Waals surface area contributed by atoms with Crippen LogP contribution in [0.5, 0.6) is 0 Å². The van der Waals surface area contributed by atoms with Gasteiger partial charge < -0.3 is 10.4 Å². The standard InChI is InChI=1S/C17H22ClNO3/c1-17(2,12-4-3-5-13(18)10-12)16(22)19-14-8-6-11(7-9-14)15(20)21/h3-5,10-11,14H,6-9H2,1-2H3,(H,19,22)(H,20,21). The van der Waals surface area contributed by atoms with Crippen LogP contribution in [0.3, 0.4) is 0 Å². The zero-order valence-corrected chi connectivity index (χ0v) is 13.7. The van der Waals surface area contributed by atoms with Crippen LogP contribution in [0.4, 0.5) is 0 Å². The summed E-state index contributed by atoms with van der Waals surface area (Å²) < 4.78 is 0. The van der Waals surface area contributed by atoms with Crippen LogP contribution in [0.15, 0.2) is 24.3 Å². The van der Waals surface area contributed by atoms with Gasteiger partial charge in [-0.1, -0.05) is 23.7 Å². The molecule has 4 nitrogen and oxygen atoms in total. The summed E-state index contributed by atoms with van der Waals surface area (Å²) in [7, 11) is 0. The zero-order chi connectivity index (χ0) is 16.3. The van der Waals surface area contributed by atoms with Crippen LogP contribution in [0.2, 0.25) is 5.02 Å². The zero-order valence-electron chi connectivity index (χ0n) is 12.9. The number of carbonyl (C=O) groups is 2. The average molecular weight is 324 g/mol. The van der Waals surface area contributed by atoms with Gasteiger partial charge in [-0.15, -0.1) is 0 Å². The van der Waals surface area contributed by atoms with E-state index in [-0.39, 0.29) is 17.9 Å². The summed E-state index contributed by atoms with van der Waals surface area (Å²) >= 11 is 6.01. The molecule has 1 aromatic carbocycles. The Labute approximate surface area is 135 Å². The number of rotatable bonds is 4. The summed E-state index contributed by atoms with van der Waals surface area (Å²) in [6.45, 7) is 3.74. The maximum absolute atomic E-state index is 12.6. The van der Waals surface area contributed by atoms with Crippen molar-refractivity contribution in [2.45, 2.75) is 51.0 Å². The third-order valence-corrected chi connectivity index (χ3v) is 4.76. The summed E-state index contributed by atoms with van der Waals surface area (Å²) in [6.07, 6.45) is 2.68. The molecule has 1 aliphatic carbocycles.